The highest BCUT2D eigenvalue weighted by Gasteiger charge is 2.22. The number of halogens is 1. The van der Waals surface area contributed by atoms with Crippen LogP contribution in [0.1, 0.15) is 12.8 Å². The van der Waals surface area contributed by atoms with E-state index in [9.17, 15) is 4.79 Å². The van der Waals surface area contributed by atoms with Crippen LogP contribution in [0, 0.1) is 0 Å². The number of nitrogens with zero attached hydrogens (tertiary/aromatic N) is 3. The molecule has 0 spiro atoms. The van der Waals surface area contributed by atoms with E-state index in [1.807, 2.05) is 41.3 Å². The molecule has 1 aliphatic rings. The van der Waals surface area contributed by atoms with E-state index in [4.69, 9.17) is 16.3 Å². The quantitative estimate of drug-likeness (QED) is 0.566. The number of pyridine rings is 1. The lowest BCUT2D eigenvalue weighted by molar-refractivity contribution is -0.131. The zero-order valence-corrected chi connectivity index (χ0v) is 17.0. The molecule has 1 aliphatic heterocycles. The number of aromatic nitrogens is 1. The Morgan fingerprint density at radius 2 is 1.79 bits per heavy atom. The Labute approximate surface area is 175 Å². The predicted octanol–water partition coefficient (Wildman–Crippen LogP) is 4.40. The van der Waals surface area contributed by atoms with E-state index in [1.54, 1.807) is 6.20 Å². The van der Waals surface area contributed by atoms with Crippen LogP contribution in [-0.2, 0) is 4.79 Å². The van der Waals surface area contributed by atoms with E-state index in [-0.39, 0.29) is 5.91 Å². The fraction of sp³-hybridized carbons (Fsp3) is 0.304. The van der Waals surface area contributed by atoms with Crippen molar-refractivity contribution < 1.29 is 9.53 Å². The molecule has 3 aromatic rings. The smallest absolute Gasteiger partial charge is 0.222 e. The maximum absolute atomic E-state index is 12.5. The topological polar surface area (TPSA) is 45.7 Å². The van der Waals surface area contributed by atoms with E-state index in [2.05, 4.69) is 28.1 Å². The molecule has 1 saturated heterocycles. The van der Waals surface area contributed by atoms with Gasteiger partial charge in [-0.05, 0) is 30.0 Å². The Morgan fingerprint density at radius 3 is 2.62 bits per heavy atom. The van der Waals surface area contributed by atoms with Gasteiger partial charge in [-0.3, -0.25) is 4.79 Å². The van der Waals surface area contributed by atoms with Crippen molar-refractivity contribution in [1.29, 1.82) is 0 Å². The van der Waals surface area contributed by atoms with Crippen molar-refractivity contribution in [2.24, 2.45) is 0 Å². The first-order chi connectivity index (χ1) is 14.2. The van der Waals surface area contributed by atoms with Gasteiger partial charge in [0.15, 0.2) is 0 Å². The van der Waals surface area contributed by atoms with E-state index >= 15 is 0 Å². The van der Waals surface area contributed by atoms with E-state index < -0.39 is 0 Å². The highest BCUT2D eigenvalue weighted by molar-refractivity contribution is 6.32. The van der Waals surface area contributed by atoms with Gasteiger partial charge >= 0.3 is 0 Å². The van der Waals surface area contributed by atoms with Crippen LogP contribution in [0.5, 0.6) is 5.75 Å². The molecular formula is C23H24ClN3O2. The van der Waals surface area contributed by atoms with Crippen molar-refractivity contribution in [3.05, 3.63) is 65.8 Å². The lowest BCUT2D eigenvalue weighted by Crippen LogP contribution is -2.49. The van der Waals surface area contributed by atoms with Crippen LogP contribution in [0.25, 0.3) is 10.8 Å². The molecule has 0 saturated carbocycles. The first-order valence-corrected chi connectivity index (χ1v) is 10.3. The molecule has 4 rings (SSSR count). The lowest BCUT2D eigenvalue weighted by atomic mass is 10.1. The fourth-order valence-electron chi connectivity index (χ4n) is 3.66. The molecule has 2 heterocycles. The summed E-state index contributed by atoms with van der Waals surface area (Å²) in [6.45, 7) is 3.40. The SMILES string of the molecule is O=C(CCCOc1cccc2ccccc12)N1CCN(c2ncccc2Cl)CC1. The Hall–Kier alpha value is -2.79. The molecule has 6 heteroatoms. The van der Waals surface area contributed by atoms with Crippen LogP contribution in [0.3, 0.4) is 0 Å². The van der Waals surface area contributed by atoms with Gasteiger partial charge in [-0.25, -0.2) is 4.98 Å². The summed E-state index contributed by atoms with van der Waals surface area (Å²) in [5.41, 5.74) is 0. The molecule has 2 aromatic carbocycles. The minimum atomic E-state index is 0.179. The van der Waals surface area contributed by atoms with Crippen molar-refractivity contribution in [2.45, 2.75) is 12.8 Å². The number of carbonyl (C=O) groups excluding carboxylic acids is 1. The van der Waals surface area contributed by atoms with Gasteiger partial charge in [0.25, 0.3) is 0 Å². The van der Waals surface area contributed by atoms with Crippen molar-refractivity contribution >= 4 is 34.1 Å². The van der Waals surface area contributed by atoms with Crippen LogP contribution >= 0.6 is 11.6 Å². The lowest BCUT2D eigenvalue weighted by Gasteiger charge is -2.35. The number of rotatable bonds is 6. The first-order valence-electron chi connectivity index (χ1n) is 9.96. The fourth-order valence-corrected chi connectivity index (χ4v) is 3.90. The van der Waals surface area contributed by atoms with Crippen molar-refractivity contribution in [2.75, 3.05) is 37.7 Å². The summed E-state index contributed by atoms with van der Waals surface area (Å²) in [7, 11) is 0. The summed E-state index contributed by atoms with van der Waals surface area (Å²) in [5, 5.41) is 2.91. The number of amides is 1. The third-order valence-corrected chi connectivity index (χ3v) is 5.51. The second-order valence-electron chi connectivity index (χ2n) is 7.11. The Balaban J connectivity index is 1.23. The van der Waals surface area contributed by atoms with Gasteiger partial charge in [0.2, 0.25) is 5.91 Å². The maximum atomic E-state index is 12.5. The third kappa shape index (κ3) is 4.62. The molecular weight excluding hydrogens is 386 g/mol. The minimum Gasteiger partial charge on any atom is -0.493 e. The monoisotopic (exact) mass is 409 g/mol. The van der Waals surface area contributed by atoms with E-state index in [1.165, 1.54) is 0 Å². The van der Waals surface area contributed by atoms with Crippen LogP contribution in [0.2, 0.25) is 5.02 Å². The highest BCUT2D eigenvalue weighted by Crippen LogP contribution is 2.26. The van der Waals surface area contributed by atoms with Gasteiger partial charge in [-0.2, -0.15) is 0 Å². The molecule has 0 aliphatic carbocycles. The molecule has 29 heavy (non-hydrogen) atoms. The van der Waals surface area contributed by atoms with Crippen molar-refractivity contribution in [3.8, 4) is 5.75 Å². The average Bonchev–Trinajstić information content (AvgIpc) is 2.77. The molecule has 5 nitrogen and oxygen atoms in total. The van der Waals surface area contributed by atoms with Gasteiger partial charge in [-0.1, -0.05) is 48.0 Å². The molecule has 0 radical (unpaired) electrons. The predicted molar refractivity (Wildman–Crippen MR) is 117 cm³/mol. The van der Waals surface area contributed by atoms with Gasteiger partial charge < -0.3 is 14.5 Å². The largest absolute Gasteiger partial charge is 0.493 e. The summed E-state index contributed by atoms with van der Waals surface area (Å²) < 4.78 is 5.94. The number of fused-ring (bicyclic) bond motifs is 1. The summed E-state index contributed by atoms with van der Waals surface area (Å²) in [5.74, 6) is 1.85. The van der Waals surface area contributed by atoms with Crippen LogP contribution in [0.15, 0.2) is 60.8 Å². The van der Waals surface area contributed by atoms with Gasteiger partial charge in [0, 0.05) is 44.2 Å². The second-order valence-corrected chi connectivity index (χ2v) is 7.51. The summed E-state index contributed by atoms with van der Waals surface area (Å²) in [4.78, 5) is 21.0. The van der Waals surface area contributed by atoms with Crippen LogP contribution in [0.4, 0.5) is 5.82 Å². The van der Waals surface area contributed by atoms with Crippen molar-refractivity contribution in [1.82, 2.24) is 9.88 Å². The molecule has 0 N–H and O–H groups in total. The summed E-state index contributed by atoms with van der Waals surface area (Å²) in [6.07, 6.45) is 2.94. The number of ether oxygens (including phenoxy) is 1. The first kappa shape index (κ1) is 19.5. The van der Waals surface area contributed by atoms with Crippen LogP contribution in [-0.4, -0.2) is 48.6 Å². The number of anilines is 1. The Bertz CT molecular complexity index is 981. The third-order valence-electron chi connectivity index (χ3n) is 5.21. The zero-order chi connectivity index (χ0) is 20.1. The highest BCUT2D eigenvalue weighted by atomic mass is 35.5. The number of benzene rings is 2. The Morgan fingerprint density at radius 1 is 1.00 bits per heavy atom. The molecule has 1 fully saturated rings. The van der Waals surface area contributed by atoms with E-state index in [0.29, 0.717) is 37.6 Å². The summed E-state index contributed by atoms with van der Waals surface area (Å²) >= 11 is 6.23. The van der Waals surface area contributed by atoms with Gasteiger partial charge in [0.05, 0.1) is 11.6 Å². The average molecular weight is 410 g/mol. The molecule has 1 aromatic heterocycles. The molecule has 1 amide bonds. The molecule has 0 unspecified atom stereocenters. The zero-order valence-electron chi connectivity index (χ0n) is 16.3. The van der Waals surface area contributed by atoms with Gasteiger partial charge in [-0.15, -0.1) is 0 Å². The summed E-state index contributed by atoms with van der Waals surface area (Å²) in [6, 6.07) is 17.9. The maximum Gasteiger partial charge on any atom is 0.222 e. The number of piperazine rings is 1. The molecule has 150 valence electrons. The van der Waals surface area contributed by atoms with Gasteiger partial charge in [0.1, 0.15) is 11.6 Å². The number of hydrogen-bond donors (Lipinski definition) is 0. The molecule has 0 bridgehead atoms. The van der Waals surface area contributed by atoms with Crippen molar-refractivity contribution in [3.63, 3.8) is 0 Å². The standard InChI is InChI=1S/C23H24ClN3O2/c24-20-9-4-12-25-23(20)27-15-13-26(14-16-27)22(28)11-5-17-29-21-10-3-7-18-6-1-2-8-19(18)21/h1-4,6-10,12H,5,11,13-17H2. The van der Waals surface area contributed by atoms with E-state index in [0.717, 1.165) is 35.4 Å². The molecule has 0 atom stereocenters. The number of hydrogen-bond acceptors (Lipinski definition) is 4. The second kappa shape index (κ2) is 9.14. The minimum absolute atomic E-state index is 0.179. The normalized spacial score (nSPS) is 14.2. The van der Waals surface area contributed by atoms with Crippen LogP contribution < -0.4 is 9.64 Å². The Kier molecular flexibility index (Phi) is 6.15. The number of carbonyl (C=O) groups is 1.